The molecule has 0 N–H and O–H groups in total. The average Bonchev–Trinajstić information content (AvgIpc) is 3.16. The highest BCUT2D eigenvalue weighted by atomic mass is 32.1. The number of hydrogen-bond donors (Lipinski definition) is 0. The van der Waals surface area contributed by atoms with E-state index in [1.54, 1.807) is 11.3 Å². The van der Waals surface area contributed by atoms with Crippen LogP contribution in [0.2, 0.25) is 0 Å². The van der Waals surface area contributed by atoms with Gasteiger partial charge in [0, 0.05) is 49.0 Å². The molecular formula is C17H18N4S. The molecule has 0 aliphatic carbocycles. The van der Waals surface area contributed by atoms with Gasteiger partial charge in [0.2, 0.25) is 0 Å². The van der Waals surface area contributed by atoms with Crippen LogP contribution in [0.4, 0.5) is 0 Å². The first-order valence-corrected chi connectivity index (χ1v) is 8.33. The number of fused-ring (bicyclic) bond motifs is 1. The Balaban J connectivity index is 1.50. The van der Waals surface area contributed by atoms with Crippen molar-refractivity contribution in [3.05, 3.63) is 59.1 Å². The van der Waals surface area contributed by atoms with E-state index in [1.165, 1.54) is 21.7 Å². The van der Waals surface area contributed by atoms with E-state index in [4.69, 9.17) is 0 Å². The predicted molar refractivity (Wildman–Crippen MR) is 88.6 cm³/mol. The summed E-state index contributed by atoms with van der Waals surface area (Å²) in [6.07, 6.45) is 5.92. The van der Waals surface area contributed by atoms with Crippen LogP contribution in [0.1, 0.15) is 16.1 Å². The van der Waals surface area contributed by atoms with Gasteiger partial charge in [0.15, 0.2) is 0 Å². The van der Waals surface area contributed by atoms with E-state index in [0.29, 0.717) is 0 Å². The summed E-state index contributed by atoms with van der Waals surface area (Å²) >= 11 is 1.80. The van der Waals surface area contributed by atoms with Gasteiger partial charge in [0.25, 0.3) is 0 Å². The van der Waals surface area contributed by atoms with Crippen LogP contribution in [0, 0.1) is 6.92 Å². The van der Waals surface area contributed by atoms with Crippen LogP contribution >= 0.6 is 11.3 Å². The quantitative estimate of drug-likeness (QED) is 0.744. The number of benzene rings is 1. The number of hydrogen-bond acceptors (Lipinski definition) is 4. The van der Waals surface area contributed by atoms with Gasteiger partial charge in [-0.15, -0.1) is 11.3 Å². The first-order chi connectivity index (χ1) is 10.8. The zero-order valence-electron chi connectivity index (χ0n) is 12.6. The molecule has 0 radical (unpaired) electrons. The van der Waals surface area contributed by atoms with Gasteiger partial charge in [0.05, 0.1) is 12.0 Å². The second kappa shape index (κ2) is 5.66. The molecule has 5 heteroatoms. The van der Waals surface area contributed by atoms with Crippen molar-refractivity contribution in [2.24, 2.45) is 0 Å². The monoisotopic (exact) mass is 310 g/mol. The Bertz CT molecular complexity index is 789. The third-order valence-corrected chi connectivity index (χ3v) is 5.17. The molecule has 0 saturated heterocycles. The van der Waals surface area contributed by atoms with Crippen molar-refractivity contribution in [3.8, 4) is 10.6 Å². The summed E-state index contributed by atoms with van der Waals surface area (Å²) in [7, 11) is 0. The molecule has 0 amide bonds. The lowest BCUT2D eigenvalue weighted by Gasteiger charge is -2.27. The van der Waals surface area contributed by atoms with E-state index in [0.717, 1.165) is 31.2 Å². The highest BCUT2D eigenvalue weighted by Crippen LogP contribution is 2.28. The maximum absolute atomic E-state index is 4.62. The average molecular weight is 310 g/mol. The lowest BCUT2D eigenvalue weighted by molar-refractivity contribution is 0.214. The molecular weight excluding hydrogens is 292 g/mol. The van der Waals surface area contributed by atoms with Crippen LogP contribution in [0.15, 0.2) is 43.0 Å². The number of thiazole rings is 1. The van der Waals surface area contributed by atoms with Gasteiger partial charge >= 0.3 is 0 Å². The molecule has 0 saturated carbocycles. The van der Waals surface area contributed by atoms with Crippen LogP contribution in [0.5, 0.6) is 0 Å². The SMILES string of the molecule is Cc1ccccc1-c1ncc(CN2CCn3cncc3C2)s1. The van der Waals surface area contributed by atoms with E-state index in [2.05, 4.69) is 50.6 Å². The molecule has 1 aliphatic rings. The summed E-state index contributed by atoms with van der Waals surface area (Å²) in [5, 5.41) is 1.12. The molecule has 112 valence electrons. The number of rotatable bonds is 3. The minimum atomic E-state index is 0.967. The third-order valence-electron chi connectivity index (χ3n) is 4.15. The molecule has 3 heterocycles. The number of nitrogens with zero attached hydrogens (tertiary/aromatic N) is 4. The summed E-state index contributed by atoms with van der Waals surface area (Å²) in [5.41, 5.74) is 3.83. The third kappa shape index (κ3) is 2.58. The van der Waals surface area contributed by atoms with Crippen molar-refractivity contribution in [1.29, 1.82) is 0 Å². The van der Waals surface area contributed by atoms with Gasteiger partial charge in [-0.2, -0.15) is 0 Å². The fourth-order valence-corrected chi connectivity index (χ4v) is 3.96. The van der Waals surface area contributed by atoms with Crippen LogP contribution in [-0.2, 0) is 19.6 Å². The van der Waals surface area contributed by atoms with Gasteiger partial charge in [-0.05, 0) is 12.5 Å². The minimum Gasteiger partial charge on any atom is -0.332 e. The van der Waals surface area contributed by atoms with Crippen molar-refractivity contribution >= 4 is 11.3 Å². The van der Waals surface area contributed by atoms with Gasteiger partial charge in [-0.3, -0.25) is 4.90 Å². The van der Waals surface area contributed by atoms with Crippen LogP contribution in [0.25, 0.3) is 10.6 Å². The Kier molecular flexibility index (Phi) is 3.52. The van der Waals surface area contributed by atoms with Crippen molar-refractivity contribution in [2.45, 2.75) is 26.6 Å². The van der Waals surface area contributed by atoms with Gasteiger partial charge in [-0.1, -0.05) is 24.3 Å². The Morgan fingerprint density at radius 1 is 1.18 bits per heavy atom. The van der Waals surface area contributed by atoms with Crippen molar-refractivity contribution in [2.75, 3.05) is 6.54 Å². The Hall–Kier alpha value is -1.98. The summed E-state index contributed by atoms with van der Waals surface area (Å²) in [5.74, 6) is 0. The van der Waals surface area contributed by atoms with Crippen LogP contribution in [-0.4, -0.2) is 26.0 Å². The minimum absolute atomic E-state index is 0.967. The van der Waals surface area contributed by atoms with E-state index in [1.807, 2.05) is 18.7 Å². The molecule has 0 fully saturated rings. The van der Waals surface area contributed by atoms with E-state index in [9.17, 15) is 0 Å². The molecule has 4 rings (SSSR count). The highest BCUT2D eigenvalue weighted by molar-refractivity contribution is 7.15. The first kappa shape index (κ1) is 13.7. The van der Waals surface area contributed by atoms with Gasteiger partial charge in [-0.25, -0.2) is 9.97 Å². The topological polar surface area (TPSA) is 34.0 Å². The van der Waals surface area contributed by atoms with Crippen molar-refractivity contribution < 1.29 is 0 Å². The maximum atomic E-state index is 4.62. The van der Waals surface area contributed by atoms with Crippen LogP contribution < -0.4 is 0 Å². The van der Waals surface area contributed by atoms with E-state index in [-0.39, 0.29) is 0 Å². The van der Waals surface area contributed by atoms with Crippen molar-refractivity contribution in [3.63, 3.8) is 0 Å². The summed E-state index contributed by atoms with van der Waals surface area (Å²) in [6, 6.07) is 8.44. The molecule has 3 aromatic rings. The summed E-state index contributed by atoms with van der Waals surface area (Å²) in [4.78, 5) is 12.6. The molecule has 0 unspecified atom stereocenters. The fourth-order valence-electron chi connectivity index (χ4n) is 2.91. The van der Waals surface area contributed by atoms with Crippen LogP contribution in [0.3, 0.4) is 0 Å². The summed E-state index contributed by atoms with van der Waals surface area (Å²) in [6.45, 7) is 6.17. The number of aryl methyl sites for hydroxylation is 1. The Labute approximate surface area is 134 Å². The van der Waals surface area contributed by atoms with Crippen molar-refractivity contribution in [1.82, 2.24) is 19.4 Å². The molecule has 4 nitrogen and oxygen atoms in total. The Morgan fingerprint density at radius 3 is 3.00 bits per heavy atom. The molecule has 0 spiro atoms. The smallest absolute Gasteiger partial charge is 0.123 e. The van der Waals surface area contributed by atoms with Gasteiger partial charge < -0.3 is 4.57 Å². The highest BCUT2D eigenvalue weighted by Gasteiger charge is 2.17. The second-order valence-electron chi connectivity index (χ2n) is 5.74. The predicted octanol–water partition coefficient (Wildman–Crippen LogP) is 3.33. The van der Waals surface area contributed by atoms with E-state index < -0.39 is 0 Å². The second-order valence-corrected chi connectivity index (χ2v) is 6.85. The molecule has 2 aromatic heterocycles. The standard InChI is InChI=1S/C17H18N4S/c1-13-4-2-3-5-16(13)17-19-9-15(22-17)11-20-6-7-21-12-18-8-14(21)10-20/h2-5,8-9,12H,6-7,10-11H2,1H3. The normalized spacial score (nSPS) is 15.0. The number of imidazole rings is 1. The maximum Gasteiger partial charge on any atom is 0.123 e. The zero-order valence-corrected chi connectivity index (χ0v) is 13.4. The lowest BCUT2D eigenvalue weighted by atomic mass is 10.1. The largest absolute Gasteiger partial charge is 0.332 e. The molecule has 1 aromatic carbocycles. The zero-order chi connectivity index (χ0) is 14.9. The molecule has 0 atom stereocenters. The molecule has 0 bridgehead atoms. The van der Waals surface area contributed by atoms with Gasteiger partial charge in [0.1, 0.15) is 5.01 Å². The summed E-state index contributed by atoms with van der Waals surface area (Å²) < 4.78 is 2.24. The molecule has 1 aliphatic heterocycles. The first-order valence-electron chi connectivity index (χ1n) is 7.51. The molecule has 22 heavy (non-hydrogen) atoms. The lowest BCUT2D eigenvalue weighted by Crippen LogP contribution is -2.32. The number of aromatic nitrogens is 3. The fraction of sp³-hybridized carbons (Fsp3) is 0.294. The Morgan fingerprint density at radius 2 is 2.09 bits per heavy atom. The van der Waals surface area contributed by atoms with E-state index >= 15 is 0 Å².